The van der Waals surface area contributed by atoms with Crippen molar-refractivity contribution in [2.75, 3.05) is 36.6 Å². The molecule has 2 aliphatic heterocycles. The Morgan fingerprint density at radius 2 is 1.76 bits per heavy atom. The number of fused-ring (bicyclic) bond motifs is 5. The van der Waals surface area contributed by atoms with Crippen molar-refractivity contribution >= 4 is 28.9 Å². The Morgan fingerprint density at radius 1 is 1.14 bits per heavy atom. The van der Waals surface area contributed by atoms with Gasteiger partial charge in [0, 0.05) is 13.1 Å². The van der Waals surface area contributed by atoms with E-state index in [4.69, 9.17) is 9.47 Å². The fourth-order valence-electron chi connectivity index (χ4n) is 5.11. The molecule has 0 radical (unpaired) electrons. The number of anilines is 2. The highest BCUT2D eigenvalue weighted by atomic mass is 16.7. The summed E-state index contributed by atoms with van der Waals surface area (Å²) in [7, 11) is 1.72. The van der Waals surface area contributed by atoms with Crippen molar-refractivity contribution in [2.45, 2.75) is 12.7 Å². The van der Waals surface area contributed by atoms with E-state index in [9.17, 15) is 19.7 Å². The van der Waals surface area contributed by atoms with Crippen LogP contribution >= 0.6 is 0 Å². The molecule has 9 heteroatoms. The minimum atomic E-state index is -0.497. The molecule has 4 atom stereocenters. The zero-order chi connectivity index (χ0) is 20.3. The molecule has 4 aliphatic rings. The van der Waals surface area contributed by atoms with Gasteiger partial charge in [0.15, 0.2) is 6.29 Å². The summed E-state index contributed by atoms with van der Waals surface area (Å²) >= 11 is 0. The van der Waals surface area contributed by atoms with Gasteiger partial charge >= 0.3 is 0 Å². The normalized spacial score (nSPS) is 30.4. The van der Waals surface area contributed by atoms with E-state index < -0.39 is 11.2 Å². The first-order valence-electron chi connectivity index (χ1n) is 9.74. The van der Waals surface area contributed by atoms with Crippen LogP contribution in [0.2, 0.25) is 0 Å². The number of amides is 2. The van der Waals surface area contributed by atoms with Gasteiger partial charge in [-0.3, -0.25) is 19.7 Å². The van der Waals surface area contributed by atoms with Gasteiger partial charge in [0.2, 0.25) is 11.8 Å². The molecule has 1 saturated carbocycles. The Bertz CT molecular complexity index is 895. The summed E-state index contributed by atoms with van der Waals surface area (Å²) in [4.78, 5) is 40.0. The number of benzene rings is 1. The van der Waals surface area contributed by atoms with E-state index in [0.29, 0.717) is 25.4 Å². The van der Waals surface area contributed by atoms with Crippen LogP contribution in [0.1, 0.15) is 6.42 Å². The molecule has 152 valence electrons. The van der Waals surface area contributed by atoms with E-state index in [-0.39, 0.29) is 46.9 Å². The van der Waals surface area contributed by atoms with E-state index in [1.165, 1.54) is 6.07 Å². The molecule has 2 heterocycles. The molecule has 0 N–H and O–H groups in total. The molecular weight excluding hydrogens is 378 g/mol. The second-order valence-electron chi connectivity index (χ2n) is 7.99. The second-order valence-corrected chi connectivity index (χ2v) is 7.99. The number of ether oxygens (including phenoxy) is 2. The fraction of sp³-hybridized carbons (Fsp3) is 0.500. The maximum atomic E-state index is 13.0. The zero-order valence-electron chi connectivity index (χ0n) is 15.9. The topological polar surface area (TPSA) is 102 Å². The first kappa shape index (κ1) is 18.3. The highest BCUT2D eigenvalue weighted by Crippen LogP contribution is 2.53. The van der Waals surface area contributed by atoms with Gasteiger partial charge in [-0.25, -0.2) is 4.90 Å². The molecule has 3 fully saturated rings. The van der Waals surface area contributed by atoms with Gasteiger partial charge in [-0.05, 0) is 30.4 Å². The van der Waals surface area contributed by atoms with Crippen LogP contribution in [0.15, 0.2) is 30.4 Å². The van der Waals surface area contributed by atoms with E-state index in [1.807, 2.05) is 12.2 Å². The van der Waals surface area contributed by atoms with Crippen molar-refractivity contribution < 1.29 is 24.0 Å². The van der Waals surface area contributed by atoms with Crippen LogP contribution in [0, 0.1) is 33.8 Å². The average molecular weight is 399 g/mol. The lowest BCUT2D eigenvalue weighted by Crippen LogP contribution is -2.33. The zero-order valence-corrected chi connectivity index (χ0v) is 15.9. The Morgan fingerprint density at radius 3 is 2.34 bits per heavy atom. The highest BCUT2D eigenvalue weighted by molar-refractivity contribution is 6.23. The summed E-state index contributed by atoms with van der Waals surface area (Å²) in [5.41, 5.74) is 0.464. The van der Waals surface area contributed by atoms with Crippen molar-refractivity contribution in [3.8, 4) is 0 Å². The lowest BCUT2D eigenvalue weighted by Gasteiger charge is -2.23. The molecule has 1 aromatic rings. The average Bonchev–Trinajstić information content (AvgIpc) is 3.47. The Labute approximate surface area is 167 Å². The lowest BCUT2D eigenvalue weighted by molar-refractivity contribution is -0.384. The van der Waals surface area contributed by atoms with Crippen LogP contribution in [-0.4, -0.2) is 49.8 Å². The van der Waals surface area contributed by atoms with Gasteiger partial charge in [-0.15, -0.1) is 0 Å². The number of allylic oxidation sites excluding steroid dienone is 2. The molecule has 0 unspecified atom stereocenters. The number of rotatable bonds is 5. The number of nitro groups is 1. The number of hydrogen-bond acceptors (Lipinski definition) is 7. The van der Waals surface area contributed by atoms with Crippen LogP contribution in [0.5, 0.6) is 0 Å². The molecule has 9 nitrogen and oxygen atoms in total. The molecule has 0 spiro atoms. The van der Waals surface area contributed by atoms with Gasteiger partial charge in [-0.1, -0.05) is 12.2 Å². The largest absolute Gasteiger partial charge is 0.364 e. The minimum Gasteiger partial charge on any atom is -0.364 e. The third kappa shape index (κ3) is 2.76. The number of likely N-dealkylation sites (N-methyl/N-ethyl adjacent to an activating group) is 1. The Hall–Kier alpha value is -2.78. The quantitative estimate of drug-likeness (QED) is 0.321. The number of nitro benzene ring substituents is 1. The smallest absolute Gasteiger partial charge is 0.294 e. The maximum absolute atomic E-state index is 13.0. The summed E-state index contributed by atoms with van der Waals surface area (Å²) in [5, 5.41) is 11.7. The maximum Gasteiger partial charge on any atom is 0.294 e. The third-order valence-corrected chi connectivity index (χ3v) is 6.41. The molecule has 2 saturated heterocycles. The van der Waals surface area contributed by atoms with E-state index in [2.05, 4.69) is 0 Å². The van der Waals surface area contributed by atoms with Crippen LogP contribution in [0.4, 0.5) is 17.1 Å². The molecule has 1 aromatic carbocycles. The molecule has 2 bridgehead atoms. The van der Waals surface area contributed by atoms with Crippen molar-refractivity contribution in [2.24, 2.45) is 23.7 Å². The van der Waals surface area contributed by atoms with Crippen LogP contribution in [0.3, 0.4) is 0 Å². The van der Waals surface area contributed by atoms with Gasteiger partial charge in [0.05, 0.1) is 42.2 Å². The van der Waals surface area contributed by atoms with Crippen molar-refractivity contribution in [3.05, 3.63) is 40.5 Å². The van der Waals surface area contributed by atoms with Crippen molar-refractivity contribution in [3.63, 3.8) is 0 Å². The summed E-state index contributed by atoms with van der Waals surface area (Å²) in [6.45, 7) is 1.33. The van der Waals surface area contributed by atoms with E-state index in [0.717, 1.165) is 11.3 Å². The Balaban J connectivity index is 1.44. The second kappa shape index (κ2) is 6.64. The molecule has 2 amide bonds. The number of carbonyl (C=O) groups excluding carboxylic acids is 2. The highest BCUT2D eigenvalue weighted by Gasteiger charge is 2.59. The first-order valence-corrected chi connectivity index (χ1v) is 9.74. The summed E-state index contributed by atoms with van der Waals surface area (Å²) in [5.74, 6) is -0.984. The number of carbonyl (C=O) groups is 2. The van der Waals surface area contributed by atoms with E-state index in [1.54, 1.807) is 24.1 Å². The molecule has 0 aromatic heterocycles. The lowest BCUT2D eigenvalue weighted by atomic mass is 9.85. The van der Waals surface area contributed by atoms with Crippen LogP contribution in [-0.2, 0) is 19.1 Å². The summed E-state index contributed by atoms with van der Waals surface area (Å²) in [6, 6.07) is 4.49. The number of nitrogens with zero attached hydrogens (tertiary/aromatic N) is 3. The predicted octanol–water partition coefficient (Wildman–Crippen LogP) is 1.72. The van der Waals surface area contributed by atoms with Gasteiger partial charge in [0.1, 0.15) is 5.69 Å². The van der Waals surface area contributed by atoms with Crippen LogP contribution in [0.25, 0.3) is 0 Å². The summed E-state index contributed by atoms with van der Waals surface area (Å²) in [6.07, 6.45) is 4.45. The molecule has 29 heavy (non-hydrogen) atoms. The van der Waals surface area contributed by atoms with Crippen molar-refractivity contribution in [1.82, 2.24) is 0 Å². The fourth-order valence-corrected chi connectivity index (χ4v) is 5.11. The van der Waals surface area contributed by atoms with Gasteiger partial charge in [0.25, 0.3) is 5.69 Å². The third-order valence-electron chi connectivity index (χ3n) is 6.41. The molecular formula is C20H21N3O6. The van der Waals surface area contributed by atoms with Crippen molar-refractivity contribution in [1.29, 1.82) is 0 Å². The Kier molecular flexibility index (Phi) is 4.18. The first-order chi connectivity index (χ1) is 14.0. The van der Waals surface area contributed by atoms with Crippen LogP contribution < -0.4 is 9.80 Å². The van der Waals surface area contributed by atoms with Gasteiger partial charge in [-0.2, -0.15) is 0 Å². The van der Waals surface area contributed by atoms with Gasteiger partial charge < -0.3 is 14.4 Å². The standard InChI is InChI=1S/C20H21N3O6/c1-21(10-16-28-6-7-29-16)14-5-4-13(9-15(14)23(26)27)22-19(24)17-11-2-3-12(8-11)18(17)20(22)25/h2-5,9,11-12,16-18H,6-8,10H2,1H3/t11-,12-,17-,18+/m0/s1. The molecule has 5 rings (SSSR count). The number of hydrogen-bond donors (Lipinski definition) is 0. The molecule has 2 aliphatic carbocycles. The SMILES string of the molecule is CN(CC1OCCO1)c1ccc(N2C(=O)[C@@H]3[C@H](C2=O)[C@H]2C=C[C@H]3C2)cc1[N+](=O)[O-]. The van der Waals surface area contributed by atoms with E-state index >= 15 is 0 Å². The summed E-state index contributed by atoms with van der Waals surface area (Å²) < 4.78 is 10.8. The monoisotopic (exact) mass is 399 g/mol. The minimum absolute atomic E-state index is 0.0956. The number of imide groups is 1. The predicted molar refractivity (Wildman–Crippen MR) is 102 cm³/mol.